The van der Waals surface area contributed by atoms with E-state index in [1.807, 2.05) is 0 Å². The molecule has 0 aromatic heterocycles. The van der Waals surface area contributed by atoms with Gasteiger partial charge in [-0.1, -0.05) is 118 Å². The maximum atomic E-state index is 4.93. The van der Waals surface area contributed by atoms with Crippen LogP contribution in [-0.2, 0) is 46.5 Å². The summed E-state index contributed by atoms with van der Waals surface area (Å²) >= 11 is -0.826. The molecule has 2 aromatic carbocycles. The van der Waals surface area contributed by atoms with Crippen LogP contribution in [-0.4, -0.2) is 9.52 Å². The van der Waals surface area contributed by atoms with Crippen molar-refractivity contribution in [3.63, 3.8) is 0 Å². The molecule has 2 aromatic rings. The van der Waals surface area contributed by atoms with E-state index in [0.29, 0.717) is 0 Å². The van der Waals surface area contributed by atoms with Crippen molar-refractivity contribution in [2.75, 3.05) is 0 Å². The normalized spacial score (nSPS) is 9.50. The molecule has 0 amide bonds. The molecule has 0 aliphatic rings. The van der Waals surface area contributed by atoms with Crippen molar-refractivity contribution >= 4 is 26.5 Å². The molecule has 0 aliphatic heterocycles. The average Bonchev–Trinajstić information content (AvgIpc) is 3.44. The van der Waals surface area contributed by atoms with E-state index in [4.69, 9.17) is 17.0 Å². The monoisotopic (exact) mass is 573 g/mol. The van der Waals surface area contributed by atoms with Crippen LogP contribution in [0.3, 0.4) is 0 Å². The van der Waals surface area contributed by atoms with Gasteiger partial charge in [0, 0.05) is 9.52 Å². The van der Waals surface area contributed by atoms with E-state index in [1.165, 1.54) is 99.3 Å². The van der Waals surface area contributed by atoms with Gasteiger partial charge in [-0.15, -0.1) is 0 Å². The summed E-state index contributed by atoms with van der Waals surface area (Å²) < 4.78 is 0. The molecule has 0 heterocycles. The minimum atomic E-state index is -0.826. The van der Waals surface area contributed by atoms with E-state index < -0.39 is 20.8 Å². The van der Waals surface area contributed by atoms with E-state index in [9.17, 15) is 0 Å². The topological polar surface area (TPSA) is 0 Å². The summed E-state index contributed by atoms with van der Waals surface area (Å²) in [7, 11) is 10.6. The van der Waals surface area contributed by atoms with Crippen LogP contribution in [0, 0.1) is 0 Å². The Morgan fingerprint density at radius 3 is 1.22 bits per heavy atom. The van der Waals surface area contributed by atoms with E-state index >= 15 is 0 Å². The van der Waals surface area contributed by atoms with Crippen molar-refractivity contribution in [3.05, 3.63) is 58.7 Å². The van der Waals surface area contributed by atoms with E-state index in [0.717, 1.165) is 9.52 Å². The van der Waals surface area contributed by atoms with E-state index in [-0.39, 0.29) is 0 Å². The summed E-state index contributed by atoms with van der Waals surface area (Å²) in [6.07, 6.45) is 15.6. The first-order chi connectivity index (χ1) is 15.6. The summed E-state index contributed by atoms with van der Waals surface area (Å²) in [5.41, 5.74) is 6.14. The second-order valence-electron chi connectivity index (χ2n) is 8.32. The predicted octanol–water partition coefficient (Wildman–Crippen LogP) is 10.1. The third kappa shape index (κ3) is 22.2. The van der Waals surface area contributed by atoms with Crippen molar-refractivity contribution in [1.29, 1.82) is 0 Å². The average molecular weight is 576 g/mol. The SMILES string of the molecule is CCCCc1c[cH-]c(CCCC)c1.CCCCc1c[cH-]c(CCCC)c1.C[SiH]C.[Cl][Zr+2][Cl]. The molecule has 0 N–H and O–H groups in total. The zero-order chi connectivity index (χ0) is 24.5. The Balaban J connectivity index is 0. The van der Waals surface area contributed by atoms with Gasteiger partial charge in [0.25, 0.3) is 0 Å². The summed E-state index contributed by atoms with van der Waals surface area (Å²) in [6.45, 7) is 13.4. The third-order valence-electron chi connectivity index (χ3n) is 5.04. The molecule has 0 spiro atoms. The van der Waals surface area contributed by atoms with Crippen molar-refractivity contribution in [2.45, 2.75) is 118 Å². The van der Waals surface area contributed by atoms with Crippen molar-refractivity contribution in [3.8, 4) is 0 Å². The molecule has 0 saturated carbocycles. The first kappa shape index (κ1) is 34.5. The number of rotatable bonds is 12. The standard InChI is InChI=1S/2C13H21.C2H7Si.2ClH.Zr/c2*1-3-5-7-12-9-10-13(11-12)8-6-4-2;1-3-2;;;/h2*9-11H,3-8H2,1-2H3;3H,1-2H3;2*1H;/q2*-1;;;;+4/p-2. The Morgan fingerprint density at radius 1 is 0.656 bits per heavy atom. The van der Waals surface area contributed by atoms with Gasteiger partial charge in [-0.2, -0.15) is 46.5 Å². The first-order valence-electron chi connectivity index (χ1n) is 12.8. The number of hydrogen-bond donors (Lipinski definition) is 0. The van der Waals surface area contributed by atoms with Crippen LogP contribution in [0.5, 0.6) is 0 Å². The Labute approximate surface area is 222 Å². The quantitative estimate of drug-likeness (QED) is 0.174. The van der Waals surface area contributed by atoms with Crippen LogP contribution in [0.25, 0.3) is 0 Å². The molecule has 0 unspecified atom stereocenters. The van der Waals surface area contributed by atoms with Gasteiger partial charge in [0.1, 0.15) is 0 Å². The van der Waals surface area contributed by atoms with Crippen molar-refractivity contribution in [1.82, 2.24) is 0 Å². The molecule has 4 heteroatoms. The second-order valence-corrected chi connectivity index (χ2v) is 13.2. The van der Waals surface area contributed by atoms with Gasteiger partial charge in [-0.25, -0.2) is 12.1 Å². The van der Waals surface area contributed by atoms with Crippen LogP contribution in [0.4, 0.5) is 0 Å². The number of unbranched alkanes of at least 4 members (excludes halogenated alkanes) is 4. The number of hydrogen-bond acceptors (Lipinski definition) is 0. The Bertz CT molecular complexity index is 495. The molecule has 2 rings (SSSR count). The van der Waals surface area contributed by atoms with Crippen molar-refractivity contribution in [2.24, 2.45) is 0 Å². The molecular weight excluding hydrogens is 527 g/mol. The molecule has 0 bridgehead atoms. The van der Waals surface area contributed by atoms with Gasteiger partial charge in [0.05, 0.1) is 0 Å². The van der Waals surface area contributed by atoms with Gasteiger partial charge < -0.3 is 0 Å². The Hall–Kier alpha value is 0.380. The predicted molar refractivity (Wildman–Crippen MR) is 149 cm³/mol. The Kier molecular flexibility index (Phi) is 29.8. The van der Waals surface area contributed by atoms with E-state index in [1.54, 1.807) is 0 Å². The molecule has 0 saturated heterocycles. The van der Waals surface area contributed by atoms with Gasteiger partial charge >= 0.3 is 37.9 Å². The fourth-order valence-corrected chi connectivity index (χ4v) is 3.24. The van der Waals surface area contributed by atoms with Gasteiger partial charge in [-0.3, -0.25) is 0 Å². The van der Waals surface area contributed by atoms with Gasteiger partial charge in [0.2, 0.25) is 0 Å². The second kappa shape index (κ2) is 27.6. The molecule has 0 aliphatic carbocycles. The summed E-state index contributed by atoms with van der Waals surface area (Å²) in [5.74, 6) is 0. The zero-order valence-corrected chi connectivity index (χ0v) is 26.9. The molecule has 0 atom stereocenters. The third-order valence-corrected chi connectivity index (χ3v) is 5.04. The van der Waals surface area contributed by atoms with Crippen LogP contribution in [0.15, 0.2) is 36.4 Å². The fraction of sp³-hybridized carbons (Fsp3) is 0.643. The molecule has 183 valence electrons. The molecule has 0 nitrogen and oxygen atoms in total. The first-order valence-corrected chi connectivity index (χ1v) is 21.4. The number of halogens is 2. The number of aryl methyl sites for hydroxylation is 4. The van der Waals surface area contributed by atoms with Crippen molar-refractivity contribution < 1.29 is 20.8 Å². The summed E-state index contributed by atoms with van der Waals surface area (Å²) in [6, 6.07) is 13.9. The minimum absolute atomic E-state index is 0.750. The van der Waals surface area contributed by atoms with Crippen LogP contribution >= 0.6 is 17.0 Å². The van der Waals surface area contributed by atoms with E-state index in [2.05, 4.69) is 77.2 Å². The zero-order valence-electron chi connectivity index (χ0n) is 21.8. The summed E-state index contributed by atoms with van der Waals surface area (Å²) in [5, 5.41) is 0. The molecule has 32 heavy (non-hydrogen) atoms. The van der Waals surface area contributed by atoms with Crippen LogP contribution in [0.1, 0.15) is 101 Å². The molecule has 0 fully saturated rings. The summed E-state index contributed by atoms with van der Waals surface area (Å²) in [4.78, 5) is 0. The van der Waals surface area contributed by atoms with Gasteiger partial charge in [-0.05, 0) is 0 Å². The molecular formula is C28H49Cl2SiZr. The fourth-order valence-electron chi connectivity index (χ4n) is 3.24. The van der Waals surface area contributed by atoms with Crippen LogP contribution in [0.2, 0.25) is 13.1 Å². The maximum absolute atomic E-state index is 4.93. The van der Waals surface area contributed by atoms with Crippen LogP contribution < -0.4 is 0 Å². The van der Waals surface area contributed by atoms with Gasteiger partial charge in [0.15, 0.2) is 0 Å². The Morgan fingerprint density at radius 2 is 0.938 bits per heavy atom. The molecule has 1 radical (unpaired) electrons.